The molecule has 1 atom stereocenters. The van der Waals surface area contributed by atoms with Gasteiger partial charge in [0.1, 0.15) is 11.6 Å². The third-order valence-corrected chi connectivity index (χ3v) is 3.50. The Morgan fingerprint density at radius 1 is 1.19 bits per heavy atom. The molecule has 2 aromatic carbocycles. The number of hydrogen-bond acceptors (Lipinski definition) is 2. The van der Waals surface area contributed by atoms with Crippen LogP contribution >= 0.6 is 0 Å². The Kier molecular flexibility index (Phi) is 5.34. The quantitative estimate of drug-likeness (QED) is 0.858. The summed E-state index contributed by atoms with van der Waals surface area (Å²) >= 11 is 0. The van der Waals surface area contributed by atoms with Gasteiger partial charge in [0.05, 0.1) is 12.6 Å². The molecular formula is C18H22FNO. The molecule has 2 nitrogen and oxygen atoms in total. The van der Waals surface area contributed by atoms with Gasteiger partial charge in [-0.15, -0.1) is 0 Å². The van der Waals surface area contributed by atoms with Crippen LogP contribution in [0.15, 0.2) is 42.5 Å². The van der Waals surface area contributed by atoms with Crippen LogP contribution in [0.5, 0.6) is 5.75 Å². The second-order valence-corrected chi connectivity index (χ2v) is 5.12. The lowest BCUT2D eigenvalue weighted by molar-refractivity contribution is 0.312. The maximum Gasteiger partial charge on any atom is 0.126 e. The highest BCUT2D eigenvalue weighted by atomic mass is 19.1. The number of halogens is 1. The summed E-state index contributed by atoms with van der Waals surface area (Å²) in [5.74, 6) is 0.699. The van der Waals surface area contributed by atoms with E-state index in [1.165, 1.54) is 6.07 Å². The maximum atomic E-state index is 13.5. The summed E-state index contributed by atoms with van der Waals surface area (Å²) in [4.78, 5) is 0. The van der Waals surface area contributed by atoms with Gasteiger partial charge >= 0.3 is 0 Å². The van der Waals surface area contributed by atoms with E-state index in [1.807, 2.05) is 43.4 Å². The first-order valence-electron chi connectivity index (χ1n) is 7.32. The molecule has 0 radical (unpaired) electrons. The molecule has 0 aliphatic rings. The first-order chi connectivity index (χ1) is 10.2. The Morgan fingerprint density at radius 3 is 2.62 bits per heavy atom. The van der Waals surface area contributed by atoms with Crippen LogP contribution in [0.1, 0.15) is 36.1 Å². The molecule has 0 saturated carbocycles. The lowest BCUT2D eigenvalue weighted by Crippen LogP contribution is -2.19. The lowest BCUT2D eigenvalue weighted by Gasteiger charge is -2.21. The number of rotatable bonds is 6. The fraction of sp³-hybridized carbons (Fsp3) is 0.333. The molecule has 112 valence electrons. The van der Waals surface area contributed by atoms with Gasteiger partial charge in [-0.3, -0.25) is 0 Å². The highest BCUT2D eigenvalue weighted by Gasteiger charge is 2.17. The minimum atomic E-state index is -0.177. The Labute approximate surface area is 126 Å². The molecule has 0 amide bonds. The number of nitrogens with one attached hydrogen (secondary N) is 1. The van der Waals surface area contributed by atoms with E-state index in [4.69, 9.17) is 4.74 Å². The van der Waals surface area contributed by atoms with Crippen molar-refractivity contribution in [1.29, 1.82) is 0 Å². The molecule has 1 unspecified atom stereocenters. The largest absolute Gasteiger partial charge is 0.493 e. The van der Waals surface area contributed by atoms with Crippen molar-refractivity contribution < 1.29 is 9.13 Å². The molecule has 2 aromatic rings. The van der Waals surface area contributed by atoms with E-state index in [0.717, 1.165) is 23.3 Å². The summed E-state index contributed by atoms with van der Waals surface area (Å²) in [5.41, 5.74) is 2.75. The molecular weight excluding hydrogens is 265 g/mol. The van der Waals surface area contributed by atoms with Gasteiger partial charge in [-0.2, -0.15) is 0 Å². The van der Waals surface area contributed by atoms with Gasteiger partial charge in [0.25, 0.3) is 0 Å². The zero-order chi connectivity index (χ0) is 15.2. The standard InChI is InChI=1S/C18H22FNO/c1-4-11-21-17-8-6-5-7-15(17)18(20-3)14-9-10-16(19)13(2)12-14/h5-10,12,18,20H,4,11H2,1-3H3. The summed E-state index contributed by atoms with van der Waals surface area (Å²) in [6.45, 7) is 4.56. The lowest BCUT2D eigenvalue weighted by atomic mass is 9.96. The zero-order valence-electron chi connectivity index (χ0n) is 12.8. The molecule has 0 heterocycles. The molecule has 3 heteroatoms. The van der Waals surface area contributed by atoms with E-state index in [9.17, 15) is 4.39 Å². The molecule has 0 saturated heterocycles. The predicted molar refractivity (Wildman–Crippen MR) is 84.3 cm³/mol. The monoisotopic (exact) mass is 287 g/mol. The van der Waals surface area contributed by atoms with Crippen LogP contribution in [0.4, 0.5) is 4.39 Å². The van der Waals surface area contributed by atoms with Crippen molar-refractivity contribution in [3.8, 4) is 5.75 Å². The first kappa shape index (κ1) is 15.5. The van der Waals surface area contributed by atoms with E-state index in [2.05, 4.69) is 12.2 Å². The molecule has 0 bridgehead atoms. The highest BCUT2D eigenvalue weighted by molar-refractivity contribution is 5.42. The summed E-state index contributed by atoms with van der Waals surface area (Å²) in [6, 6.07) is 13.2. The smallest absolute Gasteiger partial charge is 0.126 e. The number of aryl methyl sites for hydroxylation is 1. The van der Waals surface area contributed by atoms with Crippen molar-refractivity contribution in [1.82, 2.24) is 5.32 Å². The normalized spacial score (nSPS) is 12.2. The van der Waals surface area contributed by atoms with E-state index in [0.29, 0.717) is 12.2 Å². The predicted octanol–water partition coefficient (Wildman–Crippen LogP) is 4.23. The third kappa shape index (κ3) is 3.61. The van der Waals surface area contributed by atoms with E-state index in [-0.39, 0.29) is 11.9 Å². The van der Waals surface area contributed by atoms with Crippen LogP contribution < -0.4 is 10.1 Å². The van der Waals surface area contributed by atoms with Gasteiger partial charge < -0.3 is 10.1 Å². The van der Waals surface area contributed by atoms with Crippen LogP contribution in [-0.2, 0) is 0 Å². The third-order valence-electron chi connectivity index (χ3n) is 3.50. The van der Waals surface area contributed by atoms with Crippen molar-refractivity contribution in [2.45, 2.75) is 26.3 Å². The van der Waals surface area contributed by atoms with Gasteiger partial charge in [0.15, 0.2) is 0 Å². The van der Waals surface area contributed by atoms with Crippen molar-refractivity contribution in [2.24, 2.45) is 0 Å². The van der Waals surface area contributed by atoms with Gasteiger partial charge in [-0.25, -0.2) is 4.39 Å². The second kappa shape index (κ2) is 7.23. The maximum absolute atomic E-state index is 13.5. The molecule has 0 aliphatic heterocycles. The molecule has 1 N–H and O–H groups in total. The summed E-state index contributed by atoms with van der Waals surface area (Å²) in [5, 5.41) is 3.30. The van der Waals surface area contributed by atoms with Crippen molar-refractivity contribution in [3.05, 3.63) is 65.0 Å². The van der Waals surface area contributed by atoms with Crippen molar-refractivity contribution in [2.75, 3.05) is 13.7 Å². The number of ether oxygens (including phenoxy) is 1. The molecule has 0 spiro atoms. The average Bonchev–Trinajstić information content (AvgIpc) is 2.50. The van der Waals surface area contributed by atoms with Gasteiger partial charge in [0.2, 0.25) is 0 Å². The molecule has 0 aliphatic carbocycles. The number of benzene rings is 2. The van der Waals surface area contributed by atoms with Crippen LogP contribution in [0.25, 0.3) is 0 Å². The van der Waals surface area contributed by atoms with Crippen LogP contribution in [-0.4, -0.2) is 13.7 Å². The molecule has 2 rings (SSSR count). The molecule has 0 aromatic heterocycles. The first-order valence-corrected chi connectivity index (χ1v) is 7.32. The minimum Gasteiger partial charge on any atom is -0.493 e. The van der Waals surface area contributed by atoms with E-state index < -0.39 is 0 Å². The summed E-state index contributed by atoms with van der Waals surface area (Å²) in [6.07, 6.45) is 0.966. The second-order valence-electron chi connectivity index (χ2n) is 5.12. The highest BCUT2D eigenvalue weighted by Crippen LogP contribution is 2.30. The van der Waals surface area contributed by atoms with Crippen LogP contribution in [0.2, 0.25) is 0 Å². The SMILES string of the molecule is CCCOc1ccccc1C(NC)c1ccc(F)c(C)c1. The Balaban J connectivity index is 2.38. The topological polar surface area (TPSA) is 21.3 Å². The van der Waals surface area contributed by atoms with E-state index >= 15 is 0 Å². The number of hydrogen-bond donors (Lipinski definition) is 1. The van der Waals surface area contributed by atoms with Crippen LogP contribution in [0.3, 0.4) is 0 Å². The van der Waals surface area contributed by atoms with Gasteiger partial charge in [-0.1, -0.05) is 37.3 Å². The molecule has 0 fully saturated rings. The summed E-state index contributed by atoms with van der Waals surface area (Å²) < 4.78 is 19.3. The minimum absolute atomic E-state index is 0.0163. The van der Waals surface area contributed by atoms with Gasteiger partial charge in [0, 0.05) is 5.56 Å². The van der Waals surface area contributed by atoms with Crippen LogP contribution in [0, 0.1) is 12.7 Å². The Morgan fingerprint density at radius 2 is 1.95 bits per heavy atom. The zero-order valence-corrected chi connectivity index (χ0v) is 12.8. The fourth-order valence-corrected chi connectivity index (χ4v) is 2.41. The summed E-state index contributed by atoms with van der Waals surface area (Å²) in [7, 11) is 1.90. The van der Waals surface area contributed by atoms with Crippen molar-refractivity contribution >= 4 is 0 Å². The fourth-order valence-electron chi connectivity index (χ4n) is 2.41. The Hall–Kier alpha value is -1.87. The average molecular weight is 287 g/mol. The number of para-hydroxylation sites is 1. The van der Waals surface area contributed by atoms with Crippen molar-refractivity contribution in [3.63, 3.8) is 0 Å². The van der Waals surface area contributed by atoms with Gasteiger partial charge in [-0.05, 0) is 43.7 Å². The molecule has 21 heavy (non-hydrogen) atoms. The van der Waals surface area contributed by atoms with E-state index in [1.54, 1.807) is 6.92 Å². The Bertz CT molecular complexity index is 598.